The Hall–Kier alpha value is -4.25. The highest BCUT2D eigenvalue weighted by Gasteiger charge is 2.75. The van der Waals surface area contributed by atoms with Gasteiger partial charge in [-0.15, -0.1) is 0 Å². The van der Waals surface area contributed by atoms with Crippen molar-refractivity contribution in [2.75, 3.05) is 5.32 Å². The number of hydrogen-bond acceptors (Lipinski definition) is 6. The van der Waals surface area contributed by atoms with Crippen LogP contribution in [0.1, 0.15) is 50.6 Å². The monoisotopic (exact) mass is 678 g/mol. The highest BCUT2D eigenvalue weighted by molar-refractivity contribution is 6.32. The van der Waals surface area contributed by atoms with Crippen molar-refractivity contribution in [3.63, 3.8) is 0 Å². The molecule has 0 radical (unpaired) electrons. The molecular weight excluding hydrogens is 660 g/mol. The number of nitrogens with zero attached hydrogens (tertiary/aromatic N) is 6. The average Bonchev–Trinajstić information content (AvgIpc) is 3.46. The fraction of sp³-hybridized carbons (Fsp3) is 0.308. The molecule has 2 amide bonds. The lowest BCUT2D eigenvalue weighted by Crippen LogP contribution is -2.50. The number of amides is 2. The Morgan fingerprint density at radius 2 is 1.69 bits per heavy atom. The van der Waals surface area contributed by atoms with Gasteiger partial charge in [0.15, 0.2) is 5.82 Å². The van der Waals surface area contributed by atoms with Crippen LogP contribution >= 0.6 is 23.2 Å². The SMILES string of the molecule is Cc1cc(Cl)cc(C(=O)NC2CC2)c1NC(=O)c1cc(Cn2ncc(C(F)(C(F)(F)F)C(F)(F)F)n2)nn1-c1ncccc1Cl. The summed E-state index contributed by atoms with van der Waals surface area (Å²) in [6.45, 7) is 0.903. The van der Waals surface area contributed by atoms with E-state index in [1.54, 1.807) is 6.92 Å². The summed E-state index contributed by atoms with van der Waals surface area (Å²) >= 11 is 12.4. The maximum atomic E-state index is 14.5. The van der Waals surface area contributed by atoms with E-state index in [9.17, 15) is 40.3 Å². The van der Waals surface area contributed by atoms with Gasteiger partial charge in [-0.2, -0.15) is 46.4 Å². The van der Waals surface area contributed by atoms with Crippen molar-refractivity contribution in [1.29, 1.82) is 0 Å². The maximum Gasteiger partial charge on any atom is 0.437 e. The highest BCUT2D eigenvalue weighted by atomic mass is 35.5. The van der Waals surface area contributed by atoms with Gasteiger partial charge in [0.25, 0.3) is 11.8 Å². The lowest BCUT2D eigenvalue weighted by molar-refractivity contribution is -0.350. The lowest BCUT2D eigenvalue weighted by atomic mass is 10.0. The van der Waals surface area contributed by atoms with Crippen LogP contribution in [-0.2, 0) is 12.2 Å². The normalized spacial score (nSPS) is 14.0. The summed E-state index contributed by atoms with van der Waals surface area (Å²) in [5, 5.41) is 16.3. The minimum Gasteiger partial charge on any atom is -0.349 e. The van der Waals surface area contributed by atoms with E-state index in [1.807, 2.05) is 0 Å². The first-order valence-corrected chi connectivity index (χ1v) is 13.6. The first-order chi connectivity index (χ1) is 21.0. The van der Waals surface area contributed by atoms with Gasteiger partial charge in [-0.1, -0.05) is 23.2 Å². The minimum atomic E-state index is -6.39. The number of rotatable bonds is 8. The second-order valence-corrected chi connectivity index (χ2v) is 10.8. The third-order valence-electron chi connectivity index (χ3n) is 6.60. The predicted molar refractivity (Wildman–Crippen MR) is 145 cm³/mol. The van der Waals surface area contributed by atoms with Gasteiger partial charge in [0.1, 0.15) is 17.9 Å². The first-order valence-electron chi connectivity index (χ1n) is 12.8. The largest absolute Gasteiger partial charge is 0.437 e. The topological polar surface area (TPSA) is 120 Å². The van der Waals surface area contributed by atoms with E-state index in [-0.39, 0.29) is 50.7 Å². The molecule has 4 aromatic rings. The molecule has 45 heavy (non-hydrogen) atoms. The van der Waals surface area contributed by atoms with E-state index in [0.29, 0.717) is 10.4 Å². The summed E-state index contributed by atoms with van der Waals surface area (Å²) < 4.78 is 94.5. The number of nitrogens with one attached hydrogen (secondary N) is 2. The molecule has 0 spiro atoms. The number of aromatic nitrogens is 6. The van der Waals surface area contributed by atoms with Gasteiger partial charge in [-0.3, -0.25) is 9.59 Å². The van der Waals surface area contributed by atoms with Crippen molar-refractivity contribution in [3.8, 4) is 5.82 Å². The first kappa shape index (κ1) is 32.2. The standard InChI is InChI=1S/C26H19Cl2F7N8O2/c1-12-7-13(27)8-16(22(44)38-14-4-5-14)20(12)39-23(45)18-9-15(40-43(18)21-17(28)3-2-6-36-21)11-42-37-10-19(41-42)24(29,25(30,31)32)26(33,34)35/h2-3,6-10,14H,4-5,11H2,1H3,(H,38,44)(H,39,45). The second-order valence-electron chi connectivity index (χ2n) is 10.0. The van der Waals surface area contributed by atoms with E-state index in [1.165, 1.54) is 30.5 Å². The molecule has 1 aliphatic rings. The Bertz CT molecular complexity index is 1770. The van der Waals surface area contributed by atoms with Gasteiger partial charge in [-0.25, -0.2) is 14.1 Å². The third kappa shape index (κ3) is 6.31. The van der Waals surface area contributed by atoms with Crippen molar-refractivity contribution in [2.45, 2.75) is 50.4 Å². The zero-order valence-electron chi connectivity index (χ0n) is 22.6. The molecule has 3 heterocycles. The van der Waals surface area contributed by atoms with Crippen molar-refractivity contribution < 1.29 is 40.3 Å². The van der Waals surface area contributed by atoms with Crippen LogP contribution in [0, 0.1) is 6.92 Å². The van der Waals surface area contributed by atoms with E-state index in [0.717, 1.165) is 23.6 Å². The van der Waals surface area contributed by atoms with Crippen LogP contribution in [0.15, 0.2) is 42.7 Å². The Kier molecular flexibility index (Phi) is 8.28. The zero-order chi connectivity index (χ0) is 32.9. The van der Waals surface area contributed by atoms with Crippen LogP contribution in [0.2, 0.25) is 10.0 Å². The van der Waals surface area contributed by atoms with Crippen LogP contribution in [-0.4, -0.2) is 60.0 Å². The van der Waals surface area contributed by atoms with Gasteiger partial charge >= 0.3 is 18.0 Å². The Morgan fingerprint density at radius 3 is 2.31 bits per heavy atom. The fourth-order valence-corrected chi connectivity index (χ4v) is 4.72. The molecule has 238 valence electrons. The van der Waals surface area contributed by atoms with Crippen molar-refractivity contribution >= 4 is 40.7 Å². The van der Waals surface area contributed by atoms with E-state index >= 15 is 0 Å². The molecule has 0 saturated heterocycles. The number of benzene rings is 1. The Labute approximate surface area is 258 Å². The molecule has 1 aromatic carbocycles. The number of anilines is 1. The molecule has 0 bridgehead atoms. The summed E-state index contributed by atoms with van der Waals surface area (Å²) in [6, 6.07) is 6.90. The average molecular weight is 679 g/mol. The summed E-state index contributed by atoms with van der Waals surface area (Å²) in [5.74, 6) is -1.41. The molecule has 0 atom stereocenters. The molecular formula is C26H19Cl2F7N8O2. The molecule has 3 aromatic heterocycles. The predicted octanol–water partition coefficient (Wildman–Crippen LogP) is 5.96. The maximum absolute atomic E-state index is 14.5. The number of halogens is 9. The van der Waals surface area contributed by atoms with Crippen molar-refractivity contribution in [1.82, 2.24) is 35.1 Å². The minimum absolute atomic E-state index is 0.00125. The van der Waals surface area contributed by atoms with Crippen LogP contribution in [0.4, 0.5) is 36.4 Å². The van der Waals surface area contributed by atoms with Crippen molar-refractivity contribution in [3.05, 3.63) is 81.0 Å². The number of alkyl halides is 7. The summed E-state index contributed by atoms with van der Waals surface area (Å²) in [7, 11) is 0. The Morgan fingerprint density at radius 1 is 1.00 bits per heavy atom. The van der Waals surface area contributed by atoms with Crippen molar-refractivity contribution in [2.24, 2.45) is 0 Å². The van der Waals surface area contributed by atoms with Crippen LogP contribution in [0.5, 0.6) is 0 Å². The molecule has 1 fully saturated rings. The molecule has 10 nitrogen and oxygen atoms in total. The van der Waals surface area contributed by atoms with E-state index < -0.39 is 42.1 Å². The van der Waals surface area contributed by atoms with Crippen LogP contribution in [0.3, 0.4) is 0 Å². The number of hydrogen-bond donors (Lipinski definition) is 2. The molecule has 0 aliphatic heterocycles. The summed E-state index contributed by atoms with van der Waals surface area (Å²) in [5.41, 5.74) is -7.64. The summed E-state index contributed by atoms with van der Waals surface area (Å²) in [4.78, 5) is 31.0. The summed E-state index contributed by atoms with van der Waals surface area (Å²) in [6.07, 6.45) is -9.86. The lowest BCUT2D eigenvalue weighted by Gasteiger charge is -2.27. The van der Waals surface area contributed by atoms with Gasteiger partial charge in [0.2, 0.25) is 0 Å². The number of pyridine rings is 1. The number of carbonyl (C=O) groups is 2. The zero-order valence-corrected chi connectivity index (χ0v) is 24.2. The van der Waals surface area contributed by atoms with Crippen LogP contribution in [0.25, 0.3) is 5.82 Å². The number of carbonyl (C=O) groups excluding carboxylic acids is 2. The third-order valence-corrected chi connectivity index (χ3v) is 7.12. The number of aryl methyl sites for hydroxylation is 1. The van der Waals surface area contributed by atoms with E-state index in [2.05, 4.69) is 30.9 Å². The van der Waals surface area contributed by atoms with Gasteiger partial charge in [0, 0.05) is 17.3 Å². The van der Waals surface area contributed by atoms with E-state index in [4.69, 9.17) is 23.2 Å². The van der Waals surface area contributed by atoms with Gasteiger partial charge in [-0.05, 0) is 55.7 Å². The quantitative estimate of drug-likeness (QED) is 0.222. The molecule has 5 rings (SSSR count). The molecule has 1 aliphatic carbocycles. The Balaban J connectivity index is 1.51. The van der Waals surface area contributed by atoms with Gasteiger partial charge in [0.05, 0.1) is 28.2 Å². The fourth-order valence-electron chi connectivity index (χ4n) is 4.25. The molecule has 19 heteroatoms. The van der Waals surface area contributed by atoms with Gasteiger partial charge < -0.3 is 10.6 Å². The highest BCUT2D eigenvalue weighted by Crippen LogP contribution is 2.52. The smallest absolute Gasteiger partial charge is 0.349 e. The molecule has 2 N–H and O–H groups in total. The molecule has 0 unspecified atom stereocenters. The molecule has 1 saturated carbocycles. The van der Waals surface area contributed by atoms with Crippen LogP contribution < -0.4 is 10.6 Å². The second kappa shape index (κ2) is 11.6.